The molecule has 1 aromatic rings. The summed E-state index contributed by atoms with van der Waals surface area (Å²) in [6, 6.07) is 3.93. The second-order valence-corrected chi connectivity index (χ2v) is 8.33. The molecule has 3 N–H and O–H groups in total. The van der Waals surface area contributed by atoms with E-state index in [2.05, 4.69) is 0 Å². The first-order valence-electron chi connectivity index (χ1n) is 7.58. The molecule has 2 atom stereocenters. The molecule has 0 saturated carbocycles. The number of hydrogen-bond donors (Lipinski definition) is 2. The van der Waals surface area contributed by atoms with Crippen LogP contribution in [0.2, 0.25) is 0 Å². The Morgan fingerprint density at radius 3 is 2.61 bits per heavy atom. The second kappa shape index (κ2) is 5.71. The second-order valence-electron chi connectivity index (χ2n) is 6.39. The zero-order valence-corrected chi connectivity index (χ0v) is 14.0. The highest BCUT2D eigenvalue weighted by Gasteiger charge is 2.41. The number of morpholine rings is 1. The van der Waals surface area contributed by atoms with E-state index in [1.807, 2.05) is 0 Å². The summed E-state index contributed by atoms with van der Waals surface area (Å²) in [6.45, 7) is 4.94. The average Bonchev–Trinajstić information content (AvgIpc) is 2.53. The monoisotopic (exact) mass is 342 g/mol. The van der Waals surface area contributed by atoms with Crippen molar-refractivity contribution < 1.29 is 23.0 Å². The predicted molar refractivity (Wildman–Crippen MR) is 83.7 cm³/mol. The first-order chi connectivity index (χ1) is 10.7. The molecule has 0 bridgehead atoms. The number of fused-ring (bicyclic) bond motifs is 1. The van der Waals surface area contributed by atoms with Crippen LogP contribution in [0.15, 0.2) is 23.1 Å². The van der Waals surface area contributed by atoms with Crippen LogP contribution in [0.4, 0.5) is 0 Å². The van der Waals surface area contributed by atoms with E-state index in [4.69, 9.17) is 15.2 Å². The fourth-order valence-electron chi connectivity index (χ4n) is 2.92. The van der Waals surface area contributed by atoms with E-state index in [1.165, 1.54) is 16.4 Å². The number of aliphatic hydroxyl groups is 1. The van der Waals surface area contributed by atoms with Gasteiger partial charge in [-0.25, -0.2) is 8.42 Å². The summed E-state index contributed by atoms with van der Waals surface area (Å²) >= 11 is 0. The third-order valence-electron chi connectivity index (χ3n) is 4.37. The third kappa shape index (κ3) is 2.85. The maximum absolute atomic E-state index is 12.7. The fourth-order valence-corrected chi connectivity index (χ4v) is 4.37. The molecule has 128 valence electrons. The van der Waals surface area contributed by atoms with Crippen LogP contribution >= 0.6 is 0 Å². The van der Waals surface area contributed by atoms with Crippen molar-refractivity contribution in [2.24, 2.45) is 5.73 Å². The van der Waals surface area contributed by atoms with E-state index < -0.39 is 27.8 Å². The number of nitrogens with zero attached hydrogens (tertiary/aromatic N) is 1. The van der Waals surface area contributed by atoms with Gasteiger partial charge in [-0.3, -0.25) is 0 Å². The fraction of sp³-hybridized carbons (Fsp3) is 0.600. The molecule has 23 heavy (non-hydrogen) atoms. The van der Waals surface area contributed by atoms with Crippen molar-refractivity contribution in [3.05, 3.63) is 23.8 Å². The van der Waals surface area contributed by atoms with Crippen LogP contribution in [0, 0.1) is 0 Å². The van der Waals surface area contributed by atoms with Crippen LogP contribution < -0.4 is 10.5 Å². The lowest BCUT2D eigenvalue weighted by molar-refractivity contribution is -0.0572. The first-order valence-corrected chi connectivity index (χ1v) is 9.02. The van der Waals surface area contributed by atoms with Crippen molar-refractivity contribution in [3.63, 3.8) is 0 Å². The van der Waals surface area contributed by atoms with Crippen LogP contribution in [0.3, 0.4) is 0 Å². The Hall–Kier alpha value is -1.19. The van der Waals surface area contributed by atoms with Gasteiger partial charge in [-0.15, -0.1) is 0 Å². The minimum atomic E-state index is -3.60. The van der Waals surface area contributed by atoms with E-state index >= 15 is 0 Å². The minimum Gasteiger partial charge on any atom is -0.485 e. The molecule has 1 saturated heterocycles. The van der Waals surface area contributed by atoms with Gasteiger partial charge in [-0.1, -0.05) is 0 Å². The van der Waals surface area contributed by atoms with Gasteiger partial charge in [0, 0.05) is 18.7 Å². The van der Waals surface area contributed by atoms with Gasteiger partial charge in [0.2, 0.25) is 10.0 Å². The normalized spacial score (nSPS) is 28.0. The summed E-state index contributed by atoms with van der Waals surface area (Å²) in [6.07, 6.45) is -0.920. The molecule has 2 aliphatic rings. The Balaban J connectivity index is 1.98. The number of nitrogens with two attached hydrogens (primary N) is 1. The smallest absolute Gasteiger partial charge is 0.243 e. The number of sulfonamides is 1. The zero-order valence-electron chi connectivity index (χ0n) is 13.2. The Morgan fingerprint density at radius 2 is 1.96 bits per heavy atom. The number of benzene rings is 1. The molecule has 0 unspecified atom stereocenters. The van der Waals surface area contributed by atoms with Gasteiger partial charge in [-0.2, -0.15) is 4.31 Å². The predicted octanol–water partition coefficient (Wildman–Crippen LogP) is 0.239. The van der Waals surface area contributed by atoms with Gasteiger partial charge in [0.05, 0.1) is 24.2 Å². The highest BCUT2D eigenvalue weighted by atomic mass is 32.2. The summed E-state index contributed by atoms with van der Waals surface area (Å²) in [7, 11) is -3.60. The van der Waals surface area contributed by atoms with Gasteiger partial charge >= 0.3 is 0 Å². The SMILES string of the molecule is CC1(C)Oc2ccc(S(=O)(=O)N3CCOCC3)cc2[C@@H](N)[C@@H]1O. The van der Waals surface area contributed by atoms with E-state index in [0.29, 0.717) is 37.6 Å². The molecule has 1 fully saturated rings. The number of aliphatic hydroxyl groups excluding tert-OH is 1. The van der Waals surface area contributed by atoms with Crippen molar-refractivity contribution in [2.45, 2.75) is 36.5 Å². The van der Waals surface area contributed by atoms with E-state index in [0.717, 1.165) is 0 Å². The summed E-state index contributed by atoms with van der Waals surface area (Å²) < 4.78 is 37.8. The highest BCUT2D eigenvalue weighted by molar-refractivity contribution is 7.89. The first kappa shape index (κ1) is 16.7. The summed E-state index contributed by atoms with van der Waals surface area (Å²) in [4.78, 5) is 0.157. The van der Waals surface area contributed by atoms with Crippen LogP contribution in [-0.2, 0) is 14.8 Å². The van der Waals surface area contributed by atoms with E-state index in [-0.39, 0.29) is 4.90 Å². The molecule has 2 aliphatic heterocycles. The number of ether oxygens (including phenoxy) is 2. The van der Waals surface area contributed by atoms with Crippen LogP contribution in [-0.4, -0.2) is 55.8 Å². The Morgan fingerprint density at radius 1 is 1.30 bits per heavy atom. The van der Waals surface area contributed by atoms with Crippen molar-refractivity contribution in [3.8, 4) is 5.75 Å². The largest absolute Gasteiger partial charge is 0.485 e. The van der Waals surface area contributed by atoms with Crippen LogP contribution in [0.25, 0.3) is 0 Å². The standard InChI is InChI=1S/C15H22N2O5S/c1-15(2)14(18)13(16)11-9-10(3-4-12(11)22-15)23(19,20)17-5-7-21-8-6-17/h3-4,9,13-14,18H,5-8,16H2,1-2H3/t13-,14+/m1/s1. The lowest BCUT2D eigenvalue weighted by atomic mass is 9.87. The molecule has 0 spiro atoms. The number of hydrogen-bond acceptors (Lipinski definition) is 6. The summed E-state index contributed by atoms with van der Waals surface area (Å²) in [5.41, 5.74) is 5.78. The van der Waals surface area contributed by atoms with Gasteiger partial charge in [0.25, 0.3) is 0 Å². The third-order valence-corrected chi connectivity index (χ3v) is 6.27. The Labute approximate surface area is 136 Å². The van der Waals surface area contributed by atoms with Crippen molar-refractivity contribution in [1.29, 1.82) is 0 Å². The molecule has 0 amide bonds. The van der Waals surface area contributed by atoms with Crippen LogP contribution in [0.5, 0.6) is 5.75 Å². The van der Waals surface area contributed by atoms with E-state index in [1.54, 1.807) is 19.9 Å². The minimum absolute atomic E-state index is 0.157. The lowest BCUT2D eigenvalue weighted by Crippen LogP contribution is -2.51. The van der Waals surface area contributed by atoms with E-state index in [9.17, 15) is 13.5 Å². The maximum atomic E-state index is 12.7. The highest BCUT2D eigenvalue weighted by Crippen LogP contribution is 2.39. The Bertz CT molecular complexity index is 698. The van der Waals surface area contributed by atoms with Gasteiger partial charge < -0.3 is 20.3 Å². The molecule has 1 aromatic carbocycles. The molecular weight excluding hydrogens is 320 g/mol. The van der Waals surface area contributed by atoms with Gasteiger partial charge in [0.1, 0.15) is 17.5 Å². The Kier molecular flexibility index (Phi) is 4.14. The van der Waals surface area contributed by atoms with Crippen molar-refractivity contribution in [2.75, 3.05) is 26.3 Å². The molecule has 0 radical (unpaired) electrons. The molecule has 3 rings (SSSR count). The molecule has 7 nitrogen and oxygen atoms in total. The summed E-state index contributed by atoms with van der Waals surface area (Å²) in [5.74, 6) is 0.508. The van der Waals surface area contributed by atoms with Gasteiger partial charge in [-0.05, 0) is 32.0 Å². The van der Waals surface area contributed by atoms with Gasteiger partial charge in [0.15, 0.2) is 0 Å². The van der Waals surface area contributed by atoms with Crippen molar-refractivity contribution >= 4 is 10.0 Å². The number of rotatable bonds is 2. The average molecular weight is 342 g/mol. The molecule has 2 heterocycles. The topological polar surface area (TPSA) is 102 Å². The van der Waals surface area contributed by atoms with Crippen molar-refractivity contribution in [1.82, 2.24) is 4.31 Å². The summed E-state index contributed by atoms with van der Waals surface area (Å²) in [5, 5.41) is 10.3. The van der Waals surface area contributed by atoms with Crippen LogP contribution in [0.1, 0.15) is 25.5 Å². The molecule has 0 aromatic heterocycles. The lowest BCUT2D eigenvalue weighted by Gasteiger charge is -2.40. The maximum Gasteiger partial charge on any atom is 0.243 e. The molecule has 0 aliphatic carbocycles. The zero-order chi connectivity index (χ0) is 16.8. The molecular formula is C15H22N2O5S. The quantitative estimate of drug-likeness (QED) is 0.798. The molecule has 8 heteroatoms.